The molecule has 0 spiro atoms. The van der Waals surface area contributed by atoms with Gasteiger partial charge in [0.1, 0.15) is 5.75 Å². The van der Waals surface area contributed by atoms with Crippen LogP contribution in [0.3, 0.4) is 0 Å². The Morgan fingerprint density at radius 3 is 2.56 bits per heavy atom. The summed E-state index contributed by atoms with van der Waals surface area (Å²) in [4.78, 5) is 13.3. The monoisotopic (exact) mass is 448 g/mol. The van der Waals surface area contributed by atoms with Gasteiger partial charge in [-0.25, -0.2) is 13.4 Å². The molecule has 4 heterocycles. The van der Waals surface area contributed by atoms with Crippen LogP contribution in [0.1, 0.15) is 18.0 Å². The number of pyridine rings is 2. The van der Waals surface area contributed by atoms with Gasteiger partial charge in [-0.1, -0.05) is 12.1 Å². The molecule has 1 saturated heterocycles. The predicted octanol–water partition coefficient (Wildman–Crippen LogP) is 3.86. The van der Waals surface area contributed by atoms with E-state index in [0.717, 1.165) is 17.5 Å². The molecule has 0 N–H and O–H groups in total. The molecular formula is C23H20N4O4S. The maximum absolute atomic E-state index is 12.5. The van der Waals surface area contributed by atoms with Crippen molar-refractivity contribution < 1.29 is 17.6 Å². The van der Waals surface area contributed by atoms with Crippen LogP contribution >= 0.6 is 0 Å². The Hall–Kier alpha value is -3.56. The van der Waals surface area contributed by atoms with Crippen molar-refractivity contribution >= 4 is 33.4 Å². The first-order chi connectivity index (χ1) is 15.5. The maximum atomic E-state index is 12.5. The number of fused-ring (bicyclic) bond motifs is 1. The number of aromatic nitrogens is 3. The van der Waals surface area contributed by atoms with Gasteiger partial charge in [-0.15, -0.1) is 0 Å². The van der Waals surface area contributed by atoms with Gasteiger partial charge < -0.3 is 9.15 Å². The fourth-order valence-electron chi connectivity index (χ4n) is 3.36. The van der Waals surface area contributed by atoms with Crippen LogP contribution in [0, 0.1) is 0 Å². The van der Waals surface area contributed by atoms with Gasteiger partial charge in [-0.05, 0) is 42.3 Å². The molecule has 0 amide bonds. The van der Waals surface area contributed by atoms with Crippen molar-refractivity contribution in [3.05, 3.63) is 66.4 Å². The summed E-state index contributed by atoms with van der Waals surface area (Å²) >= 11 is 0. The summed E-state index contributed by atoms with van der Waals surface area (Å²) in [6.07, 6.45) is 7.77. The maximum Gasteiger partial charge on any atom is 0.243 e. The van der Waals surface area contributed by atoms with Crippen LogP contribution < -0.4 is 4.74 Å². The molecule has 0 saturated carbocycles. The highest BCUT2D eigenvalue weighted by atomic mass is 32.2. The van der Waals surface area contributed by atoms with Crippen LogP contribution in [0.2, 0.25) is 0 Å². The summed E-state index contributed by atoms with van der Waals surface area (Å²) in [5, 5.41) is 0. The van der Waals surface area contributed by atoms with Crippen molar-refractivity contribution in [2.45, 2.75) is 11.3 Å². The minimum absolute atomic E-state index is 0.299. The van der Waals surface area contributed by atoms with E-state index in [1.54, 1.807) is 68.1 Å². The van der Waals surface area contributed by atoms with E-state index < -0.39 is 10.0 Å². The van der Waals surface area contributed by atoms with Gasteiger partial charge in [-0.3, -0.25) is 4.98 Å². The third-order valence-electron chi connectivity index (χ3n) is 5.29. The highest BCUT2D eigenvalue weighted by Gasteiger charge is 2.29. The summed E-state index contributed by atoms with van der Waals surface area (Å²) in [5.41, 5.74) is 3.40. The van der Waals surface area contributed by atoms with E-state index in [1.807, 2.05) is 6.07 Å². The van der Waals surface area contributed by atoms with E-state index in [2.05, 4.69) is 15.0 Å². The summed E-state index contributed by atoms with van der Waals surface area (Å²) in [7, 11) is -1.79. The lowest BCUT2D eigenvalue weighted by molar-refractivity contribution is 0.309. The number of hydrogen-bond donors (Lipinski definition) is 0. The van der Waals surface area contributed by atoms with Crippen molar-refractivity contribution in [3.63, 3.8) is 0 Å². The molecule has 0 atom stereocenters. The van der Waals surface area contributed by atoms with Crippen LogP contribution in [-0.2, 0) is 10.0 Å². The predicted molar refractivity (Wildman–Crippen MR) is 120 cm³/mol. The normalized spacial score (nSPS) is 14.7. The number of ether oxygens (including phenoxy) is 1. The Kier molecular flexibility index (Phi) is 5.20. The zero-order chi connectivity index (χ0) is 22.1. The van der Waals surface area contributed by atoms with Gasteiger partial charge in [0.05, 0.1) is 17.7 Å². The quantitative estimate of drug-likeness (QED) is 0.442. The van der Waals surface area contributed by atoms with Gasteiger partial charge in [0.2, 0.25) is 15.9 Å². The Balaban J connectivity index is 1.38. The summed E-state index contributed by atoms with van der Waals surface area (Å²) in [5.74, 6) is 1.12. The van der Waals surface area contributed by atoms with E-state index in [9.17, 15) is 8.42 Å². The molecule has 0 aliphatic carbocycles. The number of rotatable bonds is 6. The molecule has 5 rings (SSSR count). The second-order valence-electron chi connectivity index (χ2n) is 7.33. The van der Waals surface area contributed by atoms with Crippen LogP contribution in [0.5, 0.6) is 5.75 Å². The van der Waals surface area contributed by atoms with Crippen LogP contribution in [-0.4, -0.2) is 47.9 Å². The Morgan fingerprint density at radius 2 is 1.84 bits per heavy atom. The lowest BCUT2D eigenvalue weighted by Crippen LogP contribution is -2.41. The van der Waals surface area contributed by atoms with E-state index in [-0.39, 0.29) is 0 Å². The van der Waals surface area contributed by atoms with Gasteiger partial charge >= 0.3 is 0 Å². The van der Waals surface area contributed by atoms with E-state index >= 15 is 0 Å². The molecule has 0 unspecified atom stereocenters. The molecule has 1 aliphatic heterocycles. The Bertz CT molecular complexity index is 1410. The van der Waals surface area contributed by atoms with Gasteiger partial charge in [0.15, 0.2) is 11.2 Å². The van der Waals surface area contributed by atoms with Gasteiger partial charge in [-0.2, -0.15) is 9.29 Å². The molecule has 4 aromatic rings. The smallest absolute Gasteiger partial charge is 0.243 e. The Labute approximate surface area is 185 Å². The number of nitrogens with zero attached hydrogens (tertiary/aromatic N) is 4. The van der Waals surface area contributed by atoms with Crippen molar-refractivity contribution in [3.8, 4) is 16.9 Å². The first-order valence-electron chi connectivity index (χ1n) is 10.1. The first kappa shape index (κ1) is 20.3. The third-order valence-corrected chi connectivity index (χ3v) is 7.20. The third kappa shape index (κ3) is 3.88. The topological polar surface area (TPSA) is 98.4 Å². The summed E-state index contributed by atoms with van der Waals surface area (Å²) in [6, 6.07) is 12.2. The fourth-order valence-corrected chi connectivity index (χ4v) is 4.88. The molecule has 0 radical (unpaired) electrons. The standard InChI is InChI=1S/C23H20N4O4S/c1-30-19-9-10-24-18(14-19)5-8-22-26-23-21(31-22)13-17(15-25-23)16-3-6-20(7-4-16)32(28,29)27-11-2-12-27/h3-10,13-15H,2,11-12H2,1H3. The molecule has 0 bridgehead atoms. The average Bonchev–Trinajstić information content (AvgIpc) is 3.18. The minimum atomic E-state index is -3.40. The van der Waals surface area contributed by atoms with E-state index in [1.165, 1.54) is 4.31 Å². The van der Waals surface area contributed by atoms with E-state index in [4.69, 9.17) is 9.15 Å². The number of benzene rings is 1. The molecule has 1 aromatic carbocycles. The molecular weight excluding hydrogens is 428 g/mol. The van der Waals surface area contributed by atoms with Crippen LogP contribution in [0.25, 0.3) is 34.5 Å². The van der Waals surface area contributed by atoms with Crippen LogP contribution in [0.15, 0.2) is 64.2 Å². The highest BCUT2D eigenvalue weighted by molar-refractivity contribution is 7.89. The van der Waals surface area contributed by atoms with Gasteiger partial charge in [0.25, 0.3) is 0 Å². The zero-order valence-electron chi connectivity index (χ0n) is 17.3. The molecule has 8 nitrogen and oxygen atoms in total. The molecule has 32 heavy (non-hydrogen) atoms. The summed E-state index contributed by atoms with van der Waals surface area (Å²) in [6.45, 7) is 1.17. The molecule has 162 valence electrons. The SMILES string of the molecule is COc1ccnc(C=Cc2nc3ncc(-c4ccc(S(=O)(=O)N5CCC5)cc4)cc3o2)c1. The largest absolute Gasteiger partial charge is 0.497 e. The average molecular weight is 449 g/mol. The second-order valence-corrected chi connectivity index (χ2v) is 9.27. The van der Waals surface area contributed by atoms with Crippen molar-refractivity contribution in [2.75, 3.05) is 20.2 Å². The lowest BCUT2D eigenvalue weighted by atomic mass is 10.1. The van der Waals surface area contributed by atoms with Crippen molar-refractivity contribution in [1.29, 1.82) is 0 Å². The van der Waals surface area contributed by atoms with Crippen LogP contribution in [0.4, 0.5) is 0 Å². The van der Waals surface area contributed by atoms with Gasteiger partial charge in [0, 0.05) is 43.2 Å². The number of methoxy groups -OCH3 is 1. The molecule has 9 heteroatoms. The summed E-state index contributed by atoms with van der Waals surface area (Å²) < 4.78 is 37.5. The zero-order valence-corrected chi connectivity index (χ0v) is 18.1. The minimum Gasteiger partial charge on any atom is -0.497 e. The fraction of sp³-hybridized carbons (Fsp3) is 0.174. The number of sulfonamides is 1. The Morgan fingerprint density at radius 1 is 1.03 bits per heavy atom. The first-order valence-corrected chi connectivity index (χ1v) is 11.5. The highest BCUT2D eigenvalue weighted by Crippen LogP contribution is 2.27. The van der Waals surface area contributed by atoms with Crippen molar-refractivity contribution in [2.24, 2.45) is 0 Å². The van der Waals surface area contributed by atoms with Crippen molar-refractivity contribution in [1.82, 2.24) is 19.3 Å². The lowest BCUT2D eigenvalue weighted by Gasteiger charge is -2.29. The second kappa shape index (κ2) is 8.18. The van der Waals surface area contributed by atoms with E-state index in [0.29, 0.717) is 46.5 Å². The molecule has 1 aliphatic rings. The number of oxazole rings is 1. The number of hydrogen-bond acceptors (Lipinski definition) is 7. The molecule has 3 aromatic heterocycles. The molecule has 1 fully saturated rings.